The molecule has 2 aliphatic rings. The van der Waals surface area contributed by atoms with Crippen molar-refractivity contribution in [2.45, 2.75) is 32.8 Å². The number of aromatic nitrogens is 2. The topological polar surface area (TPSA) is 47.5 Å². The zero-order valence-electron chi connectivity index (χ0n) is 11.0. The summed E-state index contributed by atoms with van der Waals surface area (Å²) in [6.07, 6.45) is 1.84. The molecule has 1 fully saturated rings. The third-order valence-electron chi connectivity index (χ3n) is 3.43. The molecule has 5 heteroatoms. The van der Waals surface area contributed by atoms with Crippen molar-refractivity contribution in [3.05, 3.63) is 11.5 Å². The number of rotatable bonds is 2. The molecule has 1 aromatic rings. The molecule has 1 saturated heterocycles. The first-order chi connectivity index (χ1) is 8.81. The van der Waals surface area contributed by atoms with Crippen LogP contribution in [0.25, 0.3) is 0 Å². The van der Waals surface area contributed by atoms with E-state index in [2.05, 4.69) is 28.7 Å². The maximum Gasteiger partial charge on any atom is 0.183 e. The monoisotopic (exact) mass is 249 g/mol. The molecule has 1 unspecified atom stereocenters. The summed E-state index contributed by atoms with van der Waals surface area (Å²) in [7, 11) is 0. The predicted molar refractivity (Wildman–Crippen MR) is 68.2 cm³/mol. The lowest BCUT2D eigenvalue weighted by atomic mass is 10.2. The minimum absolute atomic E-state index is 0.112. The lowest BCUT2D eigenvalue weighted by Gasteiger charge is -2.33. The average Bonchev–Trinajstić information content (AvgIpc) is 2.60. The van der Waals surface area contributed by atoms with E-state index in [4.69, 9.17) is 9.47 Å². The second-order valence-electron chi connectivity index (χ2n) is 4.71. The third-order valence-corrected chi connectivity index (χ3v) is 3.43. The summed E-state index contributed by atoms with van der Waals surface area (Å²) in [5.41, 5.74) is 1.02. The van der Waals surface area contributed by atoms with Crippen LogP contribution in [-0.4, -0.2) is 42.4 Å². The minimum atomic E-state index is 0.112. The molecule has 0 spiro atoms. The molecular formula is C13H19N3O2. The van der Waals surface area contributed by atoms with E-state index in [9.17, 15) is 0 Å². The normalized spacial score (nSPS) is 22.1. The SMILES string of the molecule is CCc1nc(CC)c2c(n1)N1CCOCC(C1)O2. The molecule has 3 heterocycles. The van der Waals surface area contributed by atoms with Gasteiger partial charge in [0, 0.05) is 13.0 Å². The summed E-state index contributed by atoms with van der Waals surface area (Å²) in [5.74, 6) is 2.73. The Hall–Kier alpha value is -1.36. The quantitative estimate of drug-likeness (QED) is 0.788. The van der Waals surface area contributed by atoms with Gasteiger partial charge < -0.3 is 14.4 Å². The van der Waals surface area contributed by atoms with Gasteiger partial charge in [0.15, 0.2) is 11.6 Å². The number of hydrogen-bond acceptors (Lipinski definition) is 5. The van der Waals surface area contributed by atoms with Crippen molar-refractivity contribution in [1.82, 2.24) is 9.97 Å². The van der Waals surface area contributed by atoms with Crippen LogP contribution in [0.4, 0.5) is 5.82 Å². The second kappa shape index (κ2) is 4.72. The first-order valence-electron chi connectivity index (χ1n) is 6.71. The zero-order valence-corrected chi connectivity index (χ0v) is 11.0. The molecule has 18 heavy (non-hydrogen) atoms. The molecule has 3 rings (SSSR count). The lowest BCUT2D eigenvalue weighted by molar-refractivity contribution is 0.0710. The second-order valence-corrected chi connectivity index (χ2v) is 4.71. The highest BCUT2D eigenvalue weighted by Crippen LogP contribution is 2.35. The van der Waals surface area contributed by atoms with Crippen LogP contribution in [0.15, 0.2) is 0 Å². The Balaban J connectivity index is 2.07. The highest BCUT2D eigenvalue weighted by atomic mass is 16.5. The summed E-state index contributed by atoms with van der Waals surface area (Å²) in [4.78, 5) is 11.5. The van der Waals surface area contributed by atoms with Gasteiger partial charge in [0.1, 0.15) is 11.9 Å². The molecule has 2 bridgehead atoms. The minimum Gasteiger partial charge on any atom is -0.480 e. The number of fused-ring (bicyclic) bond motifs is 4. The largest absolute Gasteiger partial charge is 0.480 e. The van der Waals surface area contributed by atoms with E-state index in [-0.39, 0.29) is 6.10 Å². The Bertz CT molecular complexity index is 450. The van der Waals surface area contributed by atoms with E-state index in [1.807, 2.05) is 0 Å². The predicted octanol–water partition coefficient (Wildman–Crippen LogP) is 1.20. The van der Waals surface area contributed by atoms with Crippen LogP contribution < -0.4 is 9.64 Å². The fourth-order valence-electron chi connectivity index (χ4n) is 2.48. The van der Waals surface area contributed by atoms with Gasteiger partial charge in [-0.15, -0.1) is 0 Å². The van der Waals surface area contributed by atoms with Crippen LogP contribution >= 0.6 is 0 Å². The van der Waals surface area contributed by atoms with Crippen LogP contribution in [0.2, 0.25) is 0 Å². The van der Waals surface area contributed by atoms with E-state index in [1.165, 1.54) is 0 Å². The van der Waals surface area contributed by atoms with Crippen LogP contribution in [-0.2, 0) is 17.6 Å². The molecule has 0 saturated carbocycles. The Labute approximate surface area is 107 Å². The van der Waals surface area contributed by atoms with Crippen LogP contribution in [0, 0.1) is 0 Å². The Morgan fingerprint density at radius 2 is 2.17 bits per heavy atom. The molecule has 1 aromatic heterocycles. The van der Waals surface area contributed by atoms with Gasteiger partial charge in [0.25, 0.3) is 0 Å². The van der Waals surface area contributed by atoms with Crippen molar-refractivity contribution in [3.8, 4) is 5.75 Å². The van der Waals surface area contributed by atoms with Crippen molar-refractivity contribution in [2.24, 2.45) is 0 Å². The number of aryl methyl sites for hydroxylation is 2. The molecule has 5 nitrogen and oxygen atoms in total. The van der Waals surface area contributed by atoms with Gasteiger partial charge >= 0.3 is 0 Å². The number of hydrogen-bond donors (Lipinski definition) is 0. The number of anilines is 1. The van der Waals surface area contributed by atoms with Crippen LogP contribution in [0.1, 0.15) is 25.4 Å². The summed E-state index contributed by atoms with van der Waals surface area (Å²) < 4.78 is 11.6. The summed E-state index contributed by atoms with van der Waals surface area (Å²) in [5, 5.41) is 0. The first-order valence-corrected chi connectivity index (χ1v) is 6.71. The Morgan fingerprint density at radius 1 is 1.28 bits per heavy atom. The van der Waals surface area contributed by atoms with Crippen molar-refractivity contribution < 1.29 is 9.47 Å². The van der Waals surface area contributed by atoms with Crippen molar-refractivity contribution in [1.29, 1.82) is 0 Å². The van der Waals surface area contributed by atoms with Crippen LogP contribution in [0.5, 0.6) is 5.75 Å². The summed E-state index contributed by atoms with van der Waals surface area (Å²) >= 11 is 0. The van der Waals surface area contributed by atoms with Gasteiger partial charge in [0.05, 0.1) is 25.5 Å². The van der Waals surface area contributed by atoms with Gasteiger partial charge in [-0.1, -0.05) is 13.8 Å². The Morgan fingerprint density at radius 3 is 2.94 bits per heavy atom. The van der Waals surface area contributed by atoms with Crippen molar-refractivity contribution in [2.75, 3.05) is 31.2 Å². The van der Waals surface area contributed by atoms with Crippen LogP contribution in [0.3, 0.4) is 0 Å². The smallest absolute Gasteiger partial charge is 0.183 e. The number of ether oxygens (including phenoxy) is 2. The number of nitrogens with zero attached hydrogens (tertiary/aromatic N) is 3. The zero-order chi connectivity index (χ0) is 12.5. The molecule has 0 N–H and O–H groups in total. The molecule has 1 atom stereocenters. The van der Waals surface area contributed by atoms with Crippen molar-refractivity contribution >= 4 is 5.82 Å². The van der Waals surface area contributed by atoms with E-state index in [0.29, 0.717) is 6.61 Å². The summed E-state index contributed by atoms with van der Waals surface area (Å²) in [6.45, 7) is 7.35. The van der Waals surface area contributed by atoms with Gasteiger partial charge in [0.2, 0.25) is 0 Å². The van der Waals surface area contributed by atoms with Gasteiger partial charge in [-0.05, 0) is 6.42 Å². The molecule has 0 aliphatic carbocycles. The first kappa shape index (κ1) is 11.7. The molecule has 98 valence electrons. The third kappa shape index (κ3) is 1.92. The van der Waals surface area contributed by atoms with Crippen molar-refractivity contribution in [3.63, 3.8) is 0 Å². The van der Waals surface area contributed by atoms with E-state index < -0.39 is 0 Å². The highest BCUT2D eigenvalue weighted by Gasteiger charge is 2.31. The van der Waals surface area contributed by atoms with Gasteiger partial charge in [-0.3, -0.25) is 0 Å². The lowest BCUT2D eigenvalue weighted by Crippen LogP contribution is -2.41. The molecule has 0 aromatic carbocycles. The molecular weight excluding hydrogens is 230 g/mol. The molecule has 0 amide bonds. The Kier molecular flexibility index (Phi) is 3.07. The molecule has 0 radical (unpaired) electrons. The maximum atomic E-state index is 6.01. The van der Waals surface area contributed by atoms with E-state index in [0.717, 1.165) is 55.6 Å². The average molecular weight is 249 g/mol. The van der Waals surface area contributed by atoms with E-state index in [1.54, 1.807) is 0 Å². The fourth-order valence-corrected chi connectivity index (χ4v) is 2.48. The van der Waals surface area contributed by atoms with Gasteiger partial charge in [-0.25, -0.2) is 9.97 Å². The highest BCUT2D eigenvalue weighted by molar-refractivity contribution is 5.57. The fraction of sp³-hybridized carbons (Fsp3) is 0.692. The van der Waals surface area contributed by atoms with Gasteiger partial charge in [-0.2, -0.15) is 0 Å². The molecule has 2 aliphatic heterocycles. The standard InChI is InChI=1S/C13H19N3O2/c1-3-10-12-13(15-11(4-2)14-10)16-5-6-17-8-9(7-16)18-12/h9H,3-8H2,1-2H3. The summed E-state index contributed by atoms with van der Waals surface area (Å²) in [6, 6.07) is 0. The maximum absolute atomic E-state index is 6.01. The van der Waals surface area contributed by atoms with E-state index >= 15 is 0 Å².